The molecule has 0 fully saturated rings. The Morgan fingerprint density at radius 2 is 1.83 bits per heavy atom. The van der Waals surface area contributed by atoms with Gasteiger partial charge in [0.1, 0.15) is 11.9 Å². The molecule has 150 valence electrons. The highest BCUT2D eigenvalue weighted by Gasteiger charge is 2.15. The van der Waals surface area contributed by atoms with Crippen molar-refractivity contribution < 1.29 is 9.53 Å². The van der Waals surface area contributed by atoms with Gasteiger partial charge in [-0.2, -0.15) is 0 Å². The summed E-state index contributed by atoms with van der Waals surface area (Å²) in [6, 6.07) is 16.7. The highest BCUT2D eigenvalue weighted by Crippen LogP contribution is 2.28. The normalized spacial score (nSPS) is 11.9. The maximum atomic E-state index is 12.6. The van der Waals surface area contributed by atoms with E-state index in [1.165, 1.54) is 0 Å². The number of benzene rings is 2. The minimum absolute atomic E-state index is 0.0468. The number of aromatic nitrogens is 1. The number of aromatic amines is 1. The molecule has 0 aliphatic rings. The van der Waals surface area contributed by atoms with E-state index in [0.29, 0.717) is 22.6 Å². The molecule has 1 aromatic heterocycles. The van der Waals surface area contributed by atoms with Crippen molar-refractivity contribution in [3.8, 4) is 5.75 Å². The fourth-order valence-electron chi connectivity index (χ4n) is 3.37. The van der Waals surface area contributed by atoms with Gasteiger partial charge in [-0.1, -0.05) is 41.9 Å². The molecule has 0 aliphatic heterocycles. The van der Waals surface area contributed by atoms with Crippen LogP contribution < -0.4 is 10.3 Å². The molecule has 0 radical (unpaired) electrons. The van der Waals surface area contributed by atoms with Gasteiger partial charge >= 0.3 is 0 Å². The second-order valence-electron chi connectivity index (χ2n) is 7.18. The zero-order valence-electron chi connectivity index (χ0n) is 16.8. The first-order valence-corrected chi connectivity index (χ1v) is 9.96. The molecule has 0 saturated heterocycles. The average Bonchev–Trinajstić information content (AvgIpc) is 2.67. The fourth-order valence-corrected chi connectivity index (χ4v) is 3.71. The number of para-hydroxylation sites is 1. The lowest BCUT2D eigenvalue weighted by atomic mass is 9.99. The summed E-state index contributed by atoms with van der Waals surface area (Å²) in [5.41, 5.74) is 3.59. The number of hydrogen-bond donors (Lipinski definition) is 1. The Labute approximate surface area is 175 Å². The second-order valence-corrected chi connectivity index (χ2v) is 7.58. The molecule has 0 bridgehead atoms. The molecular formula is C24H24ClNO3. The summed E-state index contributed by atoms with van der Waals surface area (Å²) in [6.07, 6.45) is 0.397. The van der Waals surface area contributed by atoms with Gasteiger partial charge in [-0.05, 0) is 57.0 Å². The van der Waals surface area contributed by atoms with Crippen LogP contribution in [0.15, 0.2) is 59.4 Å². The van der Waals surface area contributed by atoms with Gasteiger partial charge in [0.25, 0.3) is 5.56 Å². The summed E-state index contributed by atoms with van der Waals surface area (Å²) in [4.78, 5) is 27.6. The van der Waals surface area contributed by atoms with E-state index < -0.39 is 0 Å². The van der Waals surface area contributed by atoms with E-state index in [2.05, 4.69) is 4.98 Å². The second kappa shape index (κ2) is 9.10. The van der Waals surface area contributed by atoms with Crippen LogP contribution in [0.3, 0.4) is 0 Å². The van der Waals surface area contributed by atoms with Crippen molar-refractivity contribution in [1.82, 2.24) is 4.98 Å². The van der Waals surface area contributed by atoms with E-state index in [1.54, 1.807) is 12.1 Å². The Morgan fingerprint density at radius 3 is 2.48 bits per heavy atom. The third kappa shape index (κ3) is 5.15. The molecule has 1 heterocycles. The number of pyridine rings is 1. The molecule has 5 heteroatoms. The highest BCUT2D eigenvalue weighted by atomic mass is 35.5. The lowest BCUT2D eigenvalue weighted by Gasteiger charge is -2.17. The number of carbonyl (C=O) groups is 1. The van der Waals surface area contributed by atoms with Gasteiger partial charge in [-0.3, -0.25) is 9.59 Å². The van der Waals surface area contributed by atoms with Crippen molar-refractivity contribution >= 4 is 17.4 Å². The Kier molecular flexibility index (Phi) is 6.55. The smallest absolute Gasteiger partial charge is 0.251 e. The van der Waals surface area contributed by atoms with Crippen molar-refractivity contribution in [2.45, 2.75) is 39.7 Å². The molecule has 2 aromatic carbocycles. The molecule has 3 aromatic rings. The van der Waals surface area contributed by atoms with Crippen LogP contribution in [-0.4, -0.2) is 10.8 Å². The molecular weight excluding hydrogens is 386 g/mol. The lowest BCUT2D eigenvalue weighted by molar-refractivity contribution is 0.0982. The number of halogens is 1. The van der Waals surface area contributed by atoms with Gasteiger partial charge < -0.3 is 9.72 Å². The summed E-state index contributed by atoms with van der Waals surface area (Å²) in [7, 11) is 0. The van der Waals surface area contributed by atoms with Crippen LogP contribution in [-0.2, 0) is 6.42 Å². The van der Waals surface area contributed by atoms with Gasteiger partial charge in [-0.15, -0.1) is 0 Å². The molecule has 4 nitrogen and oxygen atoms in total. The van der Waals surface area contributed by atoms with E-state index in [-0.39, 0.29) is 23.9 Å². The monoisotopic (exact) mass is 409 g/mol. The van der Waals surface area contributed by atoms with E-state index in [1.807, 2.05) is 63.2 Å². The van der Waals surface area contributed by atoms with Crippen molar-refractivity contribution in [2.75, 3.05) is 0 Å². The minimum Gasteiger partial charge on any atom is -0.486 e. The first-order chi connectivity index (χ1) is 13.8. The van der Waals surface area contributed by atoms with Gasteiger partial charge in [0.2, 0.25) is 0 Å². The number of ether oxygens (including phenoxy) is 1. The average molecular weight is 410 g/mol. The van der Waals surface area contributed by atoms with Crippen molar-refractivity contribution in [3.63, 3.8) is 0 Å². The number of rotatable bonds is 7. The molecule has 0 amide bonds. The number of Topliss-reactive ketones (excluding diaryl/α,β-unsaturated/α-hetero) is 1. The van der Waals surface area contributed by atoms with Crippen LogP contribution in [0.1, 0.15) is 52.2 Å². The summed E-state index contributed by atoms with van der Waals surface area (Å²) in [6.45, 7) is 5.65. The number of nitrogens with one attached hydrogen (secondary N) is 1. The van der Waals surface area contributed by atoms with E-state index in [4.69, 9.17) is 16.3 Å². The Hall–Kier alpha value is -2.85. The van der Waals surface area contributed by atoms with Crippen molar-refractivity contribution in [3.05, 3.63) is 97.9 Å². The predicted octanol–water partition coefficient (Wildman–Crippen LogP) is 5.60. The minimum atomic E-state index is -0.247. The molecule has 0 saturated carbocycles. The molecule has 0 spiro atoms. The fraction of sp³-hybridized carbons (Fsp3) is 0.250. The number of H-pyrrole nitrogens is 1. The molecule has 0 aliphatic carbocycles. The van der Waals surface area contributed by atoms with E-state index in [9.17, 15) is 9.59 Å². The van der Waals surface area contributed by atoms with Crippen LogP contribution in [0.5, 0.6) is 5.75 Å². The number of ketones is 1. The summed E-state index contributed by atoms with van der Waals surface area (Å²) in [5.74, 6) is 0.712. The zero-order chi connectivity index (χ0) is 21.0. The molecule has 1 N–H and O–H groups in total. The number of carbonyl (C=O) groups excluding carboxylic acids is 1. The van der Waals surface area contributed by atoms with E-state index >= 15 is 0 Å². The van der Waals surface area contributed by atoms with Gasteiger partial charge in [0.05, 0.1) is 0 Å². The van der Waals surface area contributed by atoms with Crippen LogP contribution in [0, 0.1) is 13.8 Å². The van der Waals surface area contributed by atoms with Crippen LogP contribution in [0.25, 0.3) is 0 Å². The molecule has 3 rings (SSSR count). The summed E-state index contributed by atoms with van der Waals surface area (Å²) >= 11 is 6.43. The topological polar surface area (TPSA) is 59.2 Å². The van der Waals surface area contributed by atoms with Crippen LogP contribution in [0.4, 0.5) is 0 Å². The molecule has 29 heavy (non-hydrogen) atoms. The van der Waals surface area contributed by atoms with Gasteiger partial charge in [0, 0.05) is 33.8 Å². The standard InChI is InChI=1S/C24H24ClNO3/c1-15-13-16(2)26-24(28)20(15)11-12-23(27)18-9-10-21(22(25)14-18)17(3)29-19-7-5-4-6-8-19/h4-10,13-14,17H,11-12H2,1-3H3,(H,26,28)/t17-/m0/s1. The van der Waals surface area contributed by atoms with Crippen molar-refractivity contribution in [1.29, 1.82) is 0 Å². The largest absolute Gasteiger partial charge is 0.486 e. The van der Waals surface area contributed by atoms with Crippen LogP contribution >= 0.6 is 11.6 Å². The van der Waals surface area contributed by atoms with Crippen LogP contribution in [0.2, 0.25) is 5.02 Å². The molecule has 1 atom stereocenters. The predicted molar refractivity (Wildman–Crippen MR) is 116 cm³/mol. The Balaban J connectivity index is 1.69. The van der Waals surface area contributed by atoms with E-state index in [0.717, 1.165) is 22.6 Å². The third-order valence-electron chi connectivity index (χ3n) is 4.91. The molecule has 0 unspecified atom stereocenters. The van der Waals surface area contributed by atoms with Gasteiger partial charge in [0.15, 0.2) is 5.78 Å². The lowest BCUT2D eigenvalue weighted by Crippen LogP contribution is -2.17. The summed E-state index contributed by atoms with van der Waals surface area (Å²) in [5, 5.41) is 0.489. The number of hydrogen-bond acceptors (Lipinski definition) is 3. The number of aryl methyl sites for hydroxylation is 2. The Bertz CT molecular complexity index is 1070. The highest BCUT2D eigenvalue weighted by molar-refractivity contribution is 6.31. The quantitative estimate of drug-likeness (QED) is 0.516. The zero-order valence-corrected chi connectivity index (χ0v) is 17.5. The summed E-state index contributed by atoms with van der Waals surface area (Å²) < 4.78 is 5.92. The maximum absolute atomic E-state index is 12.6. The third-order valence-corrected chi connectivity index (χ3v) is 5.24. The Morgan fingerprint density at radius 1 is 1.10 bits per heavy atom. The SMILES string of the molecule is Cc1cc(C)c(CCC(=O)c2ccc([C@H](C)Oc3ccccc3)c(Cl)c2)c(=O)[nH]1. The first-order valence-electron chi connectivity index (χ1n) is 9.59. The van der Waals surface area contributed by atoms with Gasteiger partial charge in [-0.25, -0.2) is 0 Å². The first kappa shape index (κ1) is 20.9. The maximum Gasteiger partial charge on any atom is 0.251 e. The van der Waals surface area contributed by atoms with Crippen molar-refractivity contribution in [2.24, 2.45) is 0 Å².